The summed E-state index contributed by atoms with van der Waals surface area (Å²) in [6.45, 7) is 4.13. The van der Waals surface area contributed by atoms with Crippen molar-refractivity contribution in [2.24, 2.45) is 0 Å². The molecule has 0 saturated carbocycles. The largest absolute Gasteiger partial charge is 0.456 e. The van der Waals surface area contributed by atoms with Crippen molar-refractivity contribution in [2.45, 2.75) is 13.8 Å². The van der Waals surface area contributed by atoms with E-state index < -0.39 is 0 Å². The zero-order valence-electron chi connectivity index (χ0n) is 12.9. The third-order valence-electron chi connectivity index (χ3n) is 4.29. The fourth-order valence-electron chi connectivity index (χ4n) is 2.94. The van der Waals surface area contributed by atoms with E-state index in [4.69, 9.17) is 4.42 Å². The van der Waals surface area contributed by atoms with Gasteiger partial charge in [-0.05, 0) is 49.2 Å². The van der Waals surface area contributed by atoms with E-state index in [1.807, 2.05) is 49.5 Å². The maximum Gasteiger partial charge on any atom is 0.136 e. The number of benzene rings is 2. The van der Waals surface area contributed by atoms with Gasteiger partial charge in [-0.15, -0.1) is 0 Å². The Morgan fingerprint density at radius 2 is 1.70 bits per heavy atom. The van der Waals surface area contributed by atoms with Crippen LogP contribution in [-0.2, 0) is 0 Å². The number of hydrogen-bond donors (Lipinski definition) is 0. The molecule has 23 heavy (non-hydrogen) atoms. The van der Waals surface area contributed by atoms with Crippen molar-refractivity contribution >= 4 is 21.9 Å². The van der Waals surface area contributed by atoms with Gasteiger partial charge in [0.2, 0.25) is 0 Å². The van der Waals surface area contributed by atoms with Crippen LogP contribution in [0.5, 0.6) is 0 Å². The summed E-state index contributed by atoms with van der Waals surface area (Å²) in [7, 11) is 0. The van der Waals surface area contributed by atoms with Crippen LogP contribution in [-0.4, -0.2) is 4.98 Å². The average Bonchev–Trinajstić information content (AvgIpc) is 2.96. The van der Waals surface area contributed by atoms with Crippen LogP contribution in [0.2, 0.25) is 0 Å². The molecule has 0 spiro atoms. The van der Waals surface area contributed by atoms with Gasteiger partial charge >= 0.3 is 0 Å². The Morgan fingerprint density at radius 1 is 0.957 bits per heavy atom. The molecule has 0 N–H and O–H groups in total. The zero-order valence-corrected chi connectivity index (χ0v) is 12.9. The quantitative estimate of drug-likeness (QED) is 0.489. The molecule has 4 rings (SSSR count). The van der Waals surface area contributed by atoms with Gasteiger partial charge in [-0.3, -0.25) is 4.98 Å². The number of nitrogens with zero attached hydrogens (tertiary/aromatic N) is 2. The minimum Gasteiger partial charge on any atom is -0.456 e. The molecule has 0 aliphatic carbocycles. The van der Waals surface area contributed by atoms with Gasteiger partial charge < -0.3 is 4.42 Å². The molecule has 0 aliphatic rings. The summed E-state index contributed by atoms with van der Waals surface area (Å²) in [6, 6.07) is 15.8. The van der Waals surface area contributed by atoms with Gasteiger partial charge in [0.25, 0.3) is 0 Å². The first kappa shape index (κ1) is 13.5. The predicted octanol–water partition coefficient (Wildman–Crippen LogP) is 5.14. The highest BCUT2D eigenvalue weighted by Gasteiger charge is 2.16. The van der Waals surface area contributed by atoms with Gasteiger partial charge in [0.05, 0.1) is 17.3 Å². The van der Waals surface area contributed by atoms with E-state index in [0.29, 0.717) is 5.56 Å². The molecule has 0 atom stereocenters. The minimum absolute atomic E-state index is 0.623. The van der Waals surface area contributed by atoms with Gasteiger partial charge in [0.15, 0.2) is 0 Å². The Balaban J connectivity index is 2.15. The summed E-state index contributed by atoms with van der Waals surface area (Å²) in [5.41, 5.74) is 6.38. The Kier molecular flexibility index (Phi) is 2.92. The molecular weight excluding hydrogens is 284 g/mol. The number of pyridine rings is 1. The summed E-state index contributed by atoms with van der Waals surface area (Å²) in [5, 5.41) is 11.3. The lowest BCUT2D eigenvalue weighted by atomic mass is 9.99. The van der Waals surface area contributed by atoms with Gasteiger partial charge in [-0.2, -0.15) is 5.26 Å². The molecule has 0 fully saturated rings. The van der Waals surface area contributed by atoms with Crippen molar-refractivity contribution in [3.63, 3.8) is 0 Å². The lowest BCUT2D eigenvalue weighted by Crippen LogP contribution is -1.89. The van der Waals surface area contributed by atoms with E-state index in [9.17, 15) is 5.26 Å². The second-order valence-electron chi connectivity index (χ2n) is 5.73. The highest BCUT2D eigenvalue weighted by molar-refractivity contribution is 6.14. The Morgan fingerprint density at radius 3 is 2.43 bits per heavy atom. The van der Waals surface area contributed by atoms with Crippen LogP contribution < -0.4 is 0 Å². The van der Waals surface area contributed by atoms with E-state index in [1.54, 1.807) is 0 Å². The van der Waals surface area contributed by atoms with Crippen LogP contribution in [0.3, 0.4) is 0 Å². The smallest absolute Gasteiger partial charge is 0.136 e. The number of hydrogen-bond acceptors (Lipinski definition) is 3. The summed E-state index contributed by atoms with van der Waals surface area (Å²) < 4.78 is 5.93. The Hall–Kier alpha value is -3.12. The molecule has 0 unspecified atom stereocenters. The third-order valence-corrected chi connectivity index (χ3v) is 4.29. The zero-order chi connectivity index (χ0) is 16.0. The number of furan rings is 1. The van der Waals surface area contributed by atoms with Crippen molar-refractivity contribution < 1.29 is 4.42 Å². The molecule has 3 heteroatoms. The number of aryl methyl sites for hydroxylation is 2. The lowest BCUT2D eigenvalue weighted by molar-refractivity contribution is 0.669. The number of rotatable bonds is 1. The lowest BCUT2D eigenvalue weighted by Gasteiger charge is -2.06. The van der Waals surface area contributed by atoms with Crippen LogP contribution >= 0.6 is 0 Å². The van der Waals surface area contributed by atoms with Crippen molar-refractivity contribution in [2.75, 3.05) is 0 Å². The first-order valence-electron chi connectivity index (χ1n) is 7.47. The van der Waals surface area contributed by atoms with E-state index in [1.165, 1.54) is 5.56 Å². The molecule has 110 valence electrons. The first-order valence-corrected chi connectivity index (χ1v) is 7.47. The topological polar surface area (TPSA) is 49.8 Å². The molecule has 0 saturated heterocycles. The van der Waals surface area contributed by atoms with Crippen LogP contribution in [0.25, 0.3) is 33.2 Å². The highest BCUT2D eigenvalue weighted by Crippen LogP contribution is 2.37. The van der Waals surface area contributed by atoms with Crippen LogP contribution in [0.4, 0.5) is 0 Å². The minimum atomic E-state index is 0.623. The molecule has 2 heterocycles. The van der Waals surface area contributed by atoms with Crippen LogP contribution in [0, 0.1) is 25.2 Å². The summed E-state index contributed by atoms with van der Waals surface area (Å²) >= 11 is 0. The fourth-order valence-corrected chi connectivity index (χ4v) is 2.94. The van der Waals surface area contributed by atoms with E-state index in [2.05, 4.69) is 24.0 Å². The Labute approximate surface area is 133 Å². The van der Waals surface area contributed by atoms with E-state index in [0.717, 1.165) is 38.8 Å². The normalized spacial score (nSPS) is 11.0. The second kappa shape index (κ2) is 4.96. The van der Waals surface area contributed by atoms with Gasteiger partial charge in [0.1, 0.15) is 11.2 Å². The third kappa shape index (κ3) is 2.00. The van der Waals surface area contributed by atoms with Crippen LogP contribution in [0.1, 0.15) is 16.7 Å². The maximum atomic E-state index is 9.45. The van der Waals surface area contributed by atoms with Crippen molar-refractivity contribution in [3.8, 4) is 17.3 Å². The van der Waals surface area contributed by atoms with E-state index in [-0.39, 0.29) is 0 Å². The molecule has 4 aromatic rings. The number of aromatic nitrogens is 1. The van der Waals surface area contributed by atoms with Gasteiger partial charge in [0, 0.05) is 22.5 Å². The molecule has 0 radical (unpaired) electrons. The van der Waals surface area contributed by atoms with Crippen molar-refractivity contribution in [1.29, 1.82) is 5.26 Å². The molecule has 2 aromatic heterocycles. The van der Waals surface area contributed by atoms with Gasteiger partial charge in [-0.25, -0.2) is 0 Å². The summed E-state index contributed by atoms with van der Waals surface area (Å²) in [4.78, 5) is 4.58. The summed E-state index contributed by atoms with van der Waals surface area (Å²) in [6.07, 6.45) is 1.89. The standard InChI is InChI=1S/C20H14N2O/c1-12-9-16(22-11-13(12)2)15-6-4-8-18-20(15)19-14(10-21)5-3-7-17(19)23-18/h3-9,11H,1-2H3. The fraction of sp³-hybridized carbons (Fsp3) is 0.100. The molecule has 0 bridgehead atoms. The Bertz CT molecular complexity index is 1100. The van der Waals surface area contributed by atoms with Gasteiger partial charge in [-0.1, -0.05) is 18.2 Å². The first-order chi connectivity index (χ1) is 11.2. The average molecular weight is 298 g/mol. The van der Waals surface area contributed by atoms with Crippen molar-refractivity contribution in [3.05, 3.63) is 65.4 Å². The molecule has 2 aromatic carbocycles. The molecule has 0 amide bonds. The second-order valence-corrected chi connectivity index (χ2v) is 5.73. The molecule has 3 nitrogen and oxygen atoms in total. The number of nitriles is 1. The predicted molar refractivity (Wildman–Crippen MR) is 91.1 cm³/mol. The molecule has 0 aliphatic heterocycles. The number of fused-ring (bicyclic) bond motifs is 3. The maximum absolute atomic E-state index is 9.45. The SMILES string of the molecule is Cc1cnc(-c2cccc3oc4cccc(C#N)c4c23)cc1C. The van der Waals surface area contributed by atoms with Crippen LogP contribution in [0.15, 0.2) is 53.1 Å². The highest BCUT2D eigenvalue weighted by atomic mass is 16.3. The molecular formula is C20H14N2O. The van der Waals surface area contributed by atoms with E-state index >= 15 is 0 Å². The summed E-state index contributed by atoms with van der Waals surface area (Å²) in [5.74, 6) is 0. The van der Waals surface area contributed by atoms with Crippen molar-refractivity contribution in [1.82, 2.24) is 4.98 Å². The monoisotopic (exact) mass is 298 g/mol.